The molecule has 0 aromatic heterocycles. The van der Waals surface area contributed by atoms with E-state index in [2.05, 4.69) is 0 Å². The molecule has 0 radical (unpaired) electrons. The van der Waals surface area contributed by atoms with E-state index in [-0.39, 0.29) is 0 Å². The molecule has 5 heteroatoms. The first-order valence-corrected chi connectivity index (χ1v) is 4.15. The number of hydrogen-bond acceptors (Lipinski definition) is 3. The normalized spacial score (nSPS) is 21.8. The van der Waals surface area contributed by atoms with Gasteiger partial charge in [0.2, 0.25) is 0 Å². The molecule has 1 fully saturated rings. The highest BCUT2D eigenvalue weighted by Gasteiger charge is 2.51. The quantitative estimate of drug-likeness (QED) is 0.716. The highest BCUT2D eigenvalue weighted by atomic mass is 16.6. The predicted molar refractivity (Wildman–Crippen MR) is 44.1 cm³/mol. The van der Waals surface area contributed by atoms with E-state index >= 15 is 0 Å². The van der Waals surface area contributed by atoms with Crippen LogP contribution in [0.1, 0.15) is 27.2 Å². The molecule has 74 valence electrons. The fourth-order valence-electron chi connectivity index (χ4n) is 1.46. The first-order valence-electron chi connectivity index (χ1n) is 4.15. The second-order valence-corrected chi connectivity index (χ2v) is 3.45. The molecule has 1 heterocycles. The highest BCUT2D eigenvalue weighted by Crippen LogP contribution is 2.31. The summed E-state index contributed by atoms with van der Waals surface area (Å²) in [7, 11) is 0. The lowest BCUT2D eigenvalue weighted by Gasteiger charge is -2.48. The van der Waals surface area contributed by atoms with Gasteiger partial charge in [-0.1, -0.05) is 6.92 Å². The van der Waals surface area contributed by atoms with Gasteiger partial charge in [0.1, 0.15) is 6.04 Å². The Morgan fingerprint density at radius 3 is 2.38 bits per heavy atom. The smallest absolute Gasteiger partial charge is 0.415 e. The summed E-state index contributed by atoms with van der Waals surface area (Å²) in [4.78, 5) is 23.0. The van der Waals surface area contributed by atoms with E-state index in [1.807, 2.05) is 0 Å². The zero-order valence-corrected chi connectivity index (χ0v) is 7.90. The Hall–Kier alpha value is -1.26. The molecule has 1 unspecified atom stereocenters. The Balaban J connectivity index is 2.79. The third-order valence-electron chi connectivity index (χ3n) is 2.10. The lowest BCUT2D eigenvalue weighted by molar-refractivity contribution is -0.191. The summed E-state index contributed by atoms with van der Waals surface area (Å²) >= 11 is 0. The molecule has 0 aromatic rings. The molecule has 0 aliphatic carbocycles. The van der Waals surface area contributed by atoms with Crippen molar-refractivity contribution in [2.24, 2.45) is 0 Å². The summed E-state index contributed by atoms with van der Waals surface area (Å²) in [6.07, 6.45) is -0.173. The third kappa shape index (κ3) is 1.46. The van der Waals surface area contributed by atoms with Gasteiger partial charge in [-0.25, -0.2) is 9.59 Å². The van der Waals surface area contributed by atoms with Gasteiger partial charge in [0.05, 0.1) is 0 Å². The molecule has 0 spiro atoms. The van der Waals surface area contributed by atoms with Gasteiger partial charge in [0.25, 0.3) is 0 Å². The van der Waals surface area contributed by atoms with Crippen LogP contribution in [0, 0.1) is 0 Å². The minimum atomic E-state index is -0.993. The fourth-order valence-corrected chi connectivity index (χ4v) is 1.46. The second kappa shape index (κ2) is 2.90. The van der Waals surface area contributed by atoms with Gasteiger partial charge in [-0.2, -0.15) is 0 Å². The molecule has 1 aliphatic heterocycles. The van der Waals surface area contributed by atoms with Crippen molar-refractivity contribution in [3.05, 3.63) is 0 Å². The van der Waals surface area contributed by atoms with Crippen LogP contribution in [0.5, 0.6) is 0 Å². The van der Waals surface area contributed by atoms with E-state index in [0.717, 1.165) is 0 Å². The molecular weight excluding hydrogens is 174 g/mol. The van der Waals surface area contributed by atoms with Crippen molar-refractivity contribution in [1.82, 2.24) is 4.90 Å². The van der Waals surface area contributed by atoms with Crippen LogP contribution in [0.4, 0.5) is 4.79 Å². The van der Waals surface area contributed by atoms with Crippen molar-refractivity contribution < 1.29 is 19.4 Å². The predicted octanol–water partition coefficient (Wildman–Crippen LogP) is 1.04. The lowest BCUT2D eigenvalue weighted by Crippen LogP contribution is -2.67. The van der Waals surface area contributed by atoms with E-state index in [4.69, 9.17) is 9.84 Å². The largest absolute Gasteiger partial charge is 0.480 e. The summed E-state index contributed by atoms with van der Waals surface area (Å²) in [6, 6.07) is -0.781. The van der Waals surface area contributed by atoms with Crippen molar-refractivity contribution in [2.75, 3.05) is 0 Å². The van der Waals surface area contributed by atoms with Gasteiger partial charge in [-0.3, -0.25) is 4.90 Å². The zero-order chi connectivity index (χ0) is 10.2. The lowest BCUT2D eigenvalue weighted by atomic mass is 10.1. The number of carbonyl (C=O) groups is 2. The number of amides is 1. The van der Waals surface area contributed by atoms with Gasteiger partial charge in [-0.05, 0) is 20.3 Å². The Labute approximate surface area is 76.3 Å². The molecule has 1 N–H and O–H groups in total. The first-order chi connectivity index (χ1) is 5.90. The number of carboxylic acids is 1. The Morgan fingerprint density at radius 2 is 2.23 bits per heavy atom. The molecule has 5 nitrogen and oxygen atoms in total. The minimum absolute atomic E-state index is 0.383. The number of carboxylic acid groups (broad SMARTS) is 1. The van der Waals surface area contributed by atoms with Crippen LogP contribution in [0.2, 0.25) is 0 Å². The number of nitrogens with zero attached hydrogens (tertiary/aromatic N) is 1. The molecule has 1 aliphatic rings. The number of rotatable bonds is 3. The van der Waals surface area contributed by atoms with Crippen LogP contribution in [0.3, 0.4) is 0 Å². The molecule has 0 bridgehead atoms. The summed E-state index contributed by atoms with van der Waals surface area (Å²) in [6.45, 7) is 5.06. The maximum absolute atomic E-state index is 11.0. The van der Waals surface area contributed by atoms with Gasteiger partial charge < -0.3 is 9.84 Å². The third-order valence-corrected chi connectivity index (χ3v) is 2.10. The molecule has 1 atom stereocenters. The van der Waals surface area contributed by atoms with Gasteiger partial charge in [0, 0.05) is 0 Å². The molecule has 1 amide bonds. The van der Waals surface area contributed by atoms with Crippen LogP contribution < -0.4 is 0 Å². The minimum Gasteiger partial charge on any atom is -0.480 e. The maximum Gasteiger partial charge on any atom is 0.415 e. The van der Waals surface area contributed by atoms with Crippen molar-refractivity contribution >= 4 is 12.1 Å². The van der Waals surface area contributed by atoms with E-state index in [1.54, 1.807) is 20.8 Å². The molecule has 13 heavy (non-hydrogen) atoms. The topological polar surface area (TPSA) is 66.8 Å². The highest BCUT2D eigenvalue weighted by molar-refractivity contribution is 5.83. The number of cyclic esters (lactones) is 1. The van der Waals surface area contributed by atoms with E-state index in [1.165, 1.54) is 4.90 Å². The fraction of sp³-hybridized carbons (Fsp3) is 0.750. The number of carbonyl (C=O) groups excluding carboxylic acids is 1. The van der Waals surface area contributed by atoms with E-state index < -0.39 is 23.8 Å². The second-order valence-electron chi connectivity index (χ2n) is 3.45. The Bertz CT molecular complexity index is 249. The van der Waals surface area contributed by atoms with Crippen molar-refractivity contribution in [3.8, 4) is 0 Å². The first kappa shape index (κ1) is 9.83. The van der Waals surface area contributed by atoms with Gasteiger partial charge in [-0.15, -0.1) is 0 Å². The standard InChI is InChI=1S/C8H13NO4/c1-4-5(6(10)11)9-7(12)13-8(9,2)3/h5H,4H2,1-3H3,(H,10,11). The molecule has 0 saturated carbocycles. The van der Waals surface area contributed by atoms with Gasteiger partial charge in [0.15, 0.2) is 5.72 Å². The maximum atomic E-state index is 11.0. The number of hydrogen-bond donors (Lipinski definition) is 1. The number of ether oxygens (including phenoxy) is 1. The van der Waals surface area contributed by atoms with Crippen molar-refractivity contribution in [2.45, 2.75) is 39.0 Å². The molecule has 0 aromatic carbocycles. The van der Waals surface area contributed by atoms with Crippen LogP contribution >= 0.6 is 0 Å². The van der Waals surface area contributed by atoms with E-state index in [9.17, 15) is 9.59 Å². The monoisotopic (exact) mass is 187 g/mol. The van der Waals surface area contributed by atoms with Crippen LogP contribution in [-0.4, -0.2) is 33.8 Å². The summed E-state index contributed by atoms with van der Waals surface area (Å²) < 4.78 is 4.80. The summed E-state index contributed by atoms with van der Waals surface area (Å²) in [5, 5.41) is 8.81. The Kier molecular flexibility index (Phi) is 2.19. The SMILES string of the molecule is CCC(C(=O)O)N1C(=O)OC1(C)C. The average molecular weight is 187 g/mol. The average Bonchev–Trinajstić information content (AvgIpc) is 1.98. The zero-order valence-electron chi connectivity index (χ0n) is 7.90. The van der Waals surface area contributed by atoms with Gasteiger partial charge >= 0.3 is 12.1 Å². The van der Waals surface area contributed by atoms with Crippen LogP contribution in [0.15, 0.2) is 0 Å². The summed E-state index contributed by atoms with van der Waals surface area (Å²) in [5.74, 6) is -0.993. The Morgan fingerprint density at radius 1 is 1.69 bits per heavy atom. The number of aliphatic carboxylic acids is 1. The van der Waals surface area contributed by atoms with Crippen molar-refractivity contribution in [1.29, 1.82) is 0 Å². The molecule has 1 saturated heterocycles. The molecular formula is C8H13NO4. The van der Waals surface area contributed by atoms with Crippen LogP contribution in [-0.2, 0) is 9.53 Å². The molecule has 1 rings (SSSR count). The van der Waals surface area contributed by atoms with E-state index in [0.29, 0.717) is 6.42 Å². The van der Waals surface area contributed by atoms with Crippen LogP contribution in [0.25, 0.3) is 0 Å². The van der Waals surface area contributed by atoms with Crippen molar-refractivity contribution in [3.63, 3.8) is 0 Å². The summed E-state index contributed by atoms with van der Waals surface area (Å²) in [5.41, 5.74) is -0.782.